The summed E-state index contributed by atoms with van der Waals surface area (Å²) in [6.07, 6.45) is 0.990. The molecule has 1 atom stereocenters. The number of ether oxygens (including phenoxy) is 1. The van der Waals surface area contributed by atoms with Crippen LogP contribution in [0.25, 0.3) is 0 Å². The number of benzene rings is 1. The van der Waals surface area contributed by atoms with Crippen LogP contribution in [0.15, 0.2) is 24.3 Å². The van der Waals surface area contributed by atoms with E-state index in [0.29, 0.717) is 12.4 Å². The van der Waals surface area contributed by atoms with Crippen molar-refractivity contribution < 1.29 is 14.3 Å². The summed E-state index contributed by atoms with van der Waals surface area (Å²) in [5.41, 5.74) is 2.32. The largest absolute Gasteiger partial charge is 0.465 e. The Morgan fingerprint density at radius 1 is 1.35 bits per heavy atom. The first-order valence-corrected chi connectivity index (χ1v) is 7.86. The molecule has 0 aliphatic carbocycles. The van der Waals surface area contributed by atoms with E-state index in [4.69, 9.17) is 4.74 Å². The van der Waals surface area contributed by atoms with Gasteiger partial charge in [0.05, 0.1) is 12.4 Å². The van der Waals surface area contributed by atoms with Crippen LogP contribution < -0.4 is 0 Å². The van der Waals surface area contributed by atoms with Gasteiger partial charge in [-0.3, -0.25) is 9.59 Å². The van der Waals surface area contributed by atoms with Crippen molar-refractivity contribution in [2.24, 2.45) is 0 Å². The van der Waals surface area contributed by atoms with Crippen molar-refractivity contribution in [3.8, 4) is 0 Å². The van der Waals surface area contributed by atoms with Crippen molar-refractivity contribution in [1.29, 1.82) is 0 Å². The van der Waals surface area contributed by atoms with E-state index in [1.807, 2.05) is 12.1 Å². The average Bonchev–Trinajstić information content (AvgIpc) is 2.81. The van der Waals surface area contributed by atoms with Crippen molar-refractivity contribution in [3.63, 3.8) is 0 Å². The minimum absolute atomic E-state index is 0.00683. The molecule has 1 unspecified atom stereocenters. The van der Waals surface area contributed by atoms with Crippen LogP contribution in [0.1, 0.15) is 30.3 Å². The fraction of sp³-hybridized carbons (Fsp3) is 0.467. The molecule has 0 saturated carbocycles. The van der Waals surface area contributed by atoms with Crippen LogP contribution in [0.4, 0.5) is 0 Å². The molecule has 5 heteroatoms. The van der Waals surface area contributed by atoms with E-state index in [-0.39, 0.29) is 23.8 Å². The van der Waals surface area contributed by atoms with E-state index in [1.54, 1.807) is 23.6 Å². The van der Waals surface area contributed by atoms with Gasteiger partial charge in [-0.2, -0.15) is 0 Å². The molecule has 0 N–H and O–H groups in total. The van der Waals surface area contributed by atoms with Gasteiger partial charge in [0.2, 0.25) is 5.91 Å². The van der Waals surface area contributed by atoms with Crippen molar-refractivity contribution in [1.82, 2.24) is 4.90 Å². The van der Waals surface area contributed by atoms with Gasteiger partial charge in [-0.05, 0) is 24.5 Å². The summed E-state index contributed by atoms with van der Waals surface area (Å²) in [5.74, 6) is 0.0609. The average molecular weight is 293 g/mol. The molecule has 4 nitrogen and oxygen atoms in total. The number of esters is 1. The highest BCUT2D eigenvalue weighted by atomic mass is 32.2. The van der Waals surface area contributed by atoms with Gasteiger partial charge in [0.1, 0.15) is 11.9 Å². The van der Waals surface area contributed by atoms with Crippen molar-refractivity contribution in [3.05, 3.63) is 35.4 Å². The number of carbonyl (C=O) groups is 2. The van der Waals surface area contributed by atoms with Crippen LogP contribution in [0.2, 0.25) is 0 Å². The molecule has 0 aromatic heterocycles. The number of hydrogen-bond acceptors (Lipinski definition) is 4. The molecule has 0 radical (unpaired) electrons. The van der Waals surface area contributed by atoms with E-state index < -0.39 is 0 Å². The van der Waals surface area contributed by atoms with Crippen LogP contribution in [-0.4, -0.2) is 35.7 Å². The van der Waals surface area contributed by atoms with Crippen LogP contribution in [0, 0.1) is 0 Å². The molecule has 1 aliphatic heterocycles. The van der Waals surface area contributed by atoms with Crippen LogP contribution in [-0.2, 0) is 20.7 Å². The Balaban J connectivity index is 2.12. The van der Waals surface area contributed by atoms with Crippen LogP contribution in [0.5, 0.6) is 0 Å². The van der Waals surface area contributed by atoms with Crippen molar-refractivity contribution in [2.75, 3.05) is 18.9 Å². The number of hydrogen-bond donors (Lipinski definition) is 0. The highest BCUT2D eigenvalue weighted by Gasteiger charge is 2.34. The SMILES string of the molecule is CCOC(=O)CN1C(=O)CSC1c1ccc(CC)cc1. The lowest BCUT2D eigenvalue weighted by Gasteiger charge is -2.23. The van der Waals surface area contributed by atoms with Gasteiger partial charge in [0.15, 0.2) is 0 Å². The van der Waals surface area contributed by atoms with Crippen LogP contribution >= 0.6 is 11.8 Å². The molecule has 108 valence electrons. The number of amides is 1. The predicted molar refractivity (Wildman–Crippen MR) is 79.4 cm³/mol. The molecule has 0 bridgehead atoms. The maximum atomic E-state index is 11.9. The monoisotopic (exact) mass is 293 g/mol. The summed E-state index contributed by atoms with van der Waals surface area (Å²) < 4.78 is 4.93. The Morgan fingerprint density at radius 3 is 2.65 bits per heavy atom. The van der Waals surface area contributed by atoms with Crippen LogP contribution in [0.3, 0.4) is 0 Å². The maximum absolute atomic E-state index is 11.9. The predicted octanol–water partition coefficient (Wildman–Crippen LogP) is 2.39. The Labute approximate surface area is 123 Å². The smallest absolute Gasteiger partial charge is 0.325 e. The first kappa shape index (κ1) is 14.9. The third kappa shape index (κ3) is 3.33. The van der Waals surface area contributed by atoms with E-state index in [2.05, 4.69) is 19.1 Å². The zero-order valence-electron chi connectivity index (χ0n) is 11.8. The molecule has 2 rings (SSSR count). The lowest BCUT2D eigenvalue weighted by molar-refractivity contribution is -0.148. The van der Waals surface area contributed by atoms with Gasteiger partial charge < -0.3 is 9.64 Å². The summed E-state index contributed by atoms with van der Waals surface area (Å²) in [5, 5.41) is -0.0854. The molecule has 1 amide bonds. The van der Waals surface area contributed by atoms with Gasteiger partial charge in [-0.1, -0.05) is 31.2 Å². The zero-order chi connectivity index (χ0) is 14.5. The molecule has 1 aromatic rings. The topological polar surface area (TPSA) is 46.6 Å². The lowest BCUT2D eigenvalue weighted by atomic mass is 10.1. The fourth-order valence-corrected chi connectivity index (χ4v) is 3.35. The number of thioether (sulfide) groups is 1. The molecule has 20 heavy (non-hydrogen) atoms. The van der Waals surface area contributed by atoms with Gasteiger partial charge in [0.25, 0.3) is 0 Å². The number of rotatable bonds is 5. The van der Waals surface area contributed by atoms with Gasteiger partial charge in [0, 0.05) is 0 Å². The van der Waals surface area contributed by atoms with E-state index >= 15 is 0 Å². The third-order valence-electron chi connectivity index (χ3n) is 3.25. The second-order valence-corrected chi connectivity index (χ2v) is 5.65. The number of nitrogens with zero attached hydrogens (tertiary/aromatic N) is 1. The Kier molecular flexibility index (Phi) is 5.06. The first-order valence-electron chi connectivity index (χ1n) is 6.81. The quantitative estimate of drug-likeness (QED) is 0.782. The van der Waals surface area contributed by atoms with Crippen molar-refractivity contribution in [2.45, 2.75) is 25.6 Å². The Hall–Kier alpha value is -1.49. The van der Waals surface area contributed by atoms with Gasteiger partial charge >= 0.3 is 5.97 Å². The normalized spacial score (nSPS) is 18.4. The molecule has 1 fully saturated rings. The zero-order valence-corrected chi connectivity index (χ0v) is 12.6. The van der Waals surface area contributed by atoms with E-state index in [9.17, 15) is 9.59 Å². The fourth-order valence-electron chi connectivity index (χ4n) is 2.16. The molecule has 1 aromatic carbocycles. The summed E-state index contributed by atoms with van der Waals surface area (Å²) in [7, 11) is 0. The summed E-state index contributed by atoms with van der Waals surface area (Å²) in [4.78, 5) is 25.1. The minimum Gasteiger partial charge on any atom is -0.465 e. The molecular weight excluding hydrogens is 274 g/mol. The Bertz CT molecular complexity index is 486. The molecule has 1 aliphatic rings. The summed E-state index contributed by atoms with van der Waals surface area (Å²) in [6, 6.07) is 8.21. The molecule has 1 saturated heterocycles. The third-order valence-corrected chi connectivity index (χ3v) is 4.50. The second kappa shape index (κ2) is 6.79. The highest BCUT2D eigenvalue weighted by molar-refractivity contribution is 8.00. The molecule has 0 spiro atoms. The number of carbonyl (C=O) groups excluding carboxylic acids is 2. The lowest BCUT2D eigenvalue weighted by Crippen LogP contribution is -2.34. The highest BCUT2D eigenvalue weighted by Crippen LogP contribution is 2.38. The Morgan fingerprint density at radius 2 is 2.05 bits per heavy atom. The van der Waals surface area contributed by atoms with E-state index in [1.165, 1.54) is 5.56 Å². The standard InChI is InChI=1S/C15H19NO3S/c1-3-11-5-7-12(8-6-11)15-16(13(17)10-20-15)9-14(18)19-4-2/h5-8,15H,3-4,9-10H2,1-2H3. The minimum atomic E-state index is -0.349. The number of aryl methyl sites for hydroxylation is 1. The molecular formula is C15H19NO3S. The second-order valence-electron chi connectivity index (χ2n) is 4.59. The van der Waals surface area contributed by atoms with Gasteiger partial charge in [-0.15, -0.1) is 11.8 Å². The summed E-state index contributed by atoms with van der Waals surface area (Å²) >= 11 is 1.55. The maximum Gasteiger partial charge on any atom is 0.325 e. The first-order chi connectivity index (χ1) is 9.65. The van der Waals surface area contributed by atoms with E-state index in [0.717, 1.165) is 12.0 Å². The van der Waals surface area contributed by atoms with Gasteiger partial charge in [-0.25, -0.2) is 0 Å². The molecule has 1 heterocycles. The van der Waals surface area contributed by atoms with Crippen molar-refractivity contribution >= 4 is 23.6 Å². The summed E-state index contributed by atoms with van der Waals surface area (Å²) in [6.45, 7) is 4.24.